The summed E-state index contributed by atoms with van der Waals surface area (Å²) in [6, 6.07) is 4.02. The number of aromatic nitrogens is 2. The number of aromatic amines is 1. The maximum atomic E-state index is 13.1. The first kappa shape index (κ1) is 27.1. The summed E-state index contributed by atoms with van der Waals surface area (Å²) in [6.07, 6.45) is 5.05. The van der Waals surface area contributed by atoms with E-state index in [0.717, 1.165) is 37.9 Å². The molecule has 1 aromatic heterocycles. The SMILES string of the molecule is CCCCS(=O)(=O)NC(CCCc1ccc2[nH]c(=O)n(CCC3CCNCC3)c(=O)c2c1)C(=O)O. The van der Waals surface area contributed by atoms with Crippen LogP contribution in [-0.4, -0.2) is 53.9 Å². The van der Waals surface area contributed by atoms with Gasteiger partial charge in [0.25, 0.3) is 5.56 Å². The van der Waals surface area contributed by atoms with Crippen molar-refractivity contribution in [2.24, 2.45) is 5.92 Å². The van der Waals surface area contributed by atoms with E-state index < -0.39 is 27.7 Å². The van der Waals surface area contributed by atoms with E-state index in [0.29, 0.717) is 49.0 Å². The Balaban J connectivity index is 1.67. The summed E-state index contributed by atoms with van der Waals surface area (Å²) in [4.78, 5) is 39.9. The quantitative estimate of drug-likeness (QED) is 0.321. The summed E-state index contributed by atoms with van der Waals surface area (Å²) in [6.45, 7) is 4.16. The fourth-order valence-corrected chi connectivity index (χ4v) is 5.93. The van der Waals surface area contributed by atoms with Gasteiger partial charge in [-0.2, -0.15) is 0 Å². The third-order valence-corrected chi connectivity index (χ3v) is 8.08. The number of carboxylic acid groups (broad SMARTS) is 1. The minimum atomic E-state index is -3.65. The highest BCUT2D eigenvalue weighted by Gasteiger charge is 2.23. The molecule has 11 heteroatoms. The topological polar surface area (TPSA) is 150 Å². The molecule has 0 bridgehead atoms. The number of sulfonamides is 1. The Bertz CT molecular complexity index is 1230. The van der Waals surface area contributed by atoms with Gasteiger partial charge in [0.1, 0.15) is 6.04 Å². The van der Waals surface area contributed by atoms with E-state index in [-0.39, 0.29) is 17.7 Å². The van der Waals surface area contributed by atoms with E-state index in [1.807, 2.05) is 6.92 Å². The van der Waals surface area contributed by atoms with Gasteiger partial charge >= 0.3 is 11.7 Å². The standard InChI is InChI=1S/C24H36N4O6S/c1-2-3-15-35(33,34)27-21(23(30)31)6-4-5-18-7-8-20-19(16-18)22(29)28(24(32)26-20)14-11-17-9-12-25-13-10-17/h7-8,16-17,21,25,27H,2-6,9-15H2,1H3,(H,26,32)(H,30,31). The molecule has 1 aliphatic heterocycles. The zero-order valence-electron chi connectivity index (χ0n) is 20.2. The minimum absolute atomic E-state index is 0.0972. The van der Waals surface area contributed by atoms with Gasteiger partial charge in [-0.1, -0.05) is 19.4 Å². The number of rotatable bonds is 13. The van der Waals surface area contributed by atoms with Gasteiger partial charge in [-0.3, -0.25) is 14.2 Å². The molecular weight excluding hydrogens is 472 g/mol. The van der Waals surface area contributed by atoms with Crippen LogP contribution in [0, 0.1) is 5.92 Å². The Morgan fingerprint density at radius 2 is 1.97 bits per heavy atom. The Kier molecular flexibility index (Phi) is 9.64. The van der Waals surface area contributed by atoms with Crippen LogP contribution in [0.5, 0.6) is 0 Å². The van der Waals surface area contributed by atoms with Crippen molar-refractivity contribution >= 4 is 26.9 Å². The van der Waals surface area contributed by atoms with Crippen LogP contribution in [0.2, 0.25) is 0 Å². The Morgan fingerprint density at radius 1 is 1.23 bits per heavy atom. The second-order valence-corrected chi connectivity index (χ2v) is 11.2. The Labute approximate surface area is 205 Å². The van der Waals surface area contributed by atoms with Crippen molar-refractivity contribution in [3.63, 3.8) is 0 Å². The van der Waals surface area contributed by atoms with Crippen LogP contribution in [0.1, 0.15) is 57.4 Å². The number of carbonyl (C=O) groups is 1. The molecule has 1 aromatic carbocycles. The van der Waals surface area contributed by atoms with Gasteiger partial charge in [-0.15, -0.1) is 0 Å². The molecule has 10 nitrogen and oxygen atoms in total. The Morgan fingerprint density at radius 3 is 2.66 bits per heavy atom. The number of carboxylic acids is 1. The number of fused-ring (bicyclic) bond motifs is 1. The van der Waals surface area contributed by atoms with Crippen LogP contribution >= 0.6 is 0 Å². The molecule has 1 fully saturated rings. The number of nitrogens with one attached hydrogen (secondary N) is 3. The molecule has 3 rings (SSSR count). The molecule has 0 saturated carbocycles. The smallest absolute Gasteiger partial charge is 0.328 e. The minimum Gasteiger partial charge on any atom is -0.480 e. The van der Waals surface area contributed by atoms with E-state index in [1.54, 1.807) is 18.2 Å². The lowest BCUT2D eigenvalue weighted by Gasteiger charge is -2.22. The van der Waals surface area contributed by atoms with Gasteiger partial charge in [-0.05, 0) is 81.6 Å². The van der Waals surface area contributed by atoms with E-state index in [4.69, 9.17) is 0 Å². The molecule has 1 aliphatic rings. The fourth-order valence-electron chi connectivity index (χ4n) is 4.49. The zero-order valence-corrected chi connectivity index (χ0v) is 21.0. The predicted molar refractivity (Wildman–Crippen MR) is 135 cm³/mol. The van der Waals surface area contributed by atoms with Crippen LogP contribution in [-0.2, 0) is 27.8 Å². The molecule has 2 heterocycles. The summed E-state index contributed by atoms with van der Waals surface area (Å²) in [7, 11) is -3.65. The number of hydrogen-bond donors (Lipinski definition) is 4. The number of unbranched alkanes of at least 4 members (excludes halogenated alkanes) is 1. The van der Waals surface area contributed by atoms with Crippen LogP contribution in [0.15, 0.2) is 27.8 Å². The lowest BCUT2D eigenvalue weighted by molar-refractivity contribution is -0.139. The van der Waals surface area contributed by atoms with Gasteiger partial charge in [0.05, 0.1) is 16.7 Å². The molecule has 0 aliphatic carbocycles. The lowest BCUT2D eigenvalue weighted by Crippen LogP contribution is -2.41. The third-order valence-electron chi connectivity index (χ3n) is 6.61. The van der Waals surface area contributed by atoms with Crippen LogP contribution in [0.25, 0.3) is 10.9 Å². The molecule has 1 saturated heterocycles. The molecule has 35 heavy (non-hydrogen) atoms. The molecule has 2 aromatic rings. The molecule has 4 N–H and O–H groups in total. The normalized spacial score (nSPS) is 15.9. The average molecular weight is 509 g/mol. The van der Waals surface area contributed by atoms with Crippen molar-refractivity contribution in [1.82, 2.24) is 19.6 Å². The van der Waals surface area contributed by atoms with E-state index in [2.05, 4.69) is 15.0 Å². The number of aliphatic carboxylic acids is 1. The van der Waals surface area contributed by atoms with Crippen LogP contribution in [0.3, 0.4) is 0 Å². The first-order valence-electron chi connectivity index (χ1n) is 12.4. The molecule has 0 spiro atoms. The van der Waals surface area contributed by atoms with Crippen molar-refractivity contribution < 1.29 is 18.3 Å². The molecule has 0 radical (unpaired) electrons. The maximum Gasteiger partial charge on any atom is 0.328 e. The molecule has 1 unspecified atom stereocenters. The lowest BCUT2D eigenvalue weighted by atomic mass is 9.95. The second kappa shape index (κ2) is 12.5. The summed E-state index contributed by atoms with van der Waals surface area (Å²) in [5.41, 5.74) is 0.550. The highest BCUT2D eigenvalue weighted by molar-refractivity contribution is 7.89. The van der Waals surface area contributed by atoms with Crippen molar-refractivity contribution in [3.05, 3.63) is 44.6 Å². The van der Waals surface area contributed by atoms with E-state index >= 15 is 0 Å². The van der Waals surface area contributed by atoms with E-state index in [1.165, 1.54) is 4.57 Å². The van der Waals surface area contributed by atoms with Gasteiger partial charge < -0.3 is 15.4 Å². The van der Waals surface area contributed by atoms with Crippen molar-refractivity contribution in [2.75, 3.05) is 18.8 Å². The summed E-state index contributed by atoms with van der Waals surface area (Å²) >= 11 is 0. The molecule has 1 atom stereocenters. The van der Waals surface area contributed by atoms with Crippen LogP contribution in [0.4, 0.5) is 0 Å². The monoisotopic (exact) mass is 508 g/mol. The van der Waals surface area contributed by atoms with Gasteiger partial charge in [0.2, 0.25) is 10.0 Å². The van der Waals surface area contributed by atoms with Crippen LogP contribution < -0.4 is 21.3 Å². The maximum absolute atomic E-state index is 13.1. The fraction of sp³-hybridized carbons (Fsp3) is 0.625. The van der Waals surface area contributed by atoms with Crippen molar-refractivity contribution in [3.8, 4) is 0 Å². The number of nitrogens with zero attached hydrogens (tertiary/aromatic N) is 1. The summed E-state index contributed by atoms with van der Waals surface area (Å²) in [5, 5.41) is 13.2. The highest BCUT2D eigenvalue weighted by Crippen LogP contribution is 2.17. The average Bonchev–Trinajstić information content (AvgIpc) is 2.83. The largest absolute Gasteiger partial charge is 0.480 e. The highest BCUT2D eigenvalue weighted by atomic mass is 32.2. The Hall–Kier alpha value is -2.50. The second-order valence-electron chi connectivity index (χ2n) is 9.32. The number of benzene rings is 1. The first-order chi connectivity index (χ1) is 16.7. The zero-order chi connectivity index (χ0) is 25.4. The molecule has 0 amide bonds. The van der Waals surface area contributed by atoms with E-state index in [9.17, 15) is 27.9 Å². The van der Waals surface area contributed by atoms with Gasteiger partial charge in [-0.25, -0.2) is 17.9 Å². The molecule has 194 valence electrons. The van der Waals surface area contributed by atoms with Crippen molar-refractivity contribution in [1.29, 1.82) is 0 Å². The first-order valence-corrected chi connectivity index (χ1v) is 14.0. The van der Waals surface area contributed by atoms with Gasteiger partial charge in [0, 0.05) is 6.54 Å². The summed E-state index contributed by atoms with van der Waals surface area (Å²) < 4.78 is 27.7. The number of aryl methyl sites for hydroxylation is 1. The number of H-pyrrole nitrogens is 1. The predicted octanol–water partition coefficient (Wildman–Crippen LogP) is 1.57. The van der Waals surface area contributed by atoms with Gasteiger partial charge in [0.15, 0.2) is 0 Å². The molecular formula is C24H36N4O6S. The number of hydrogen-bond acceptors (Lipinski definition) is 6. The summed E-state index contributed by atoms with van der Waals surface area (Å²) in [5.74, 6) is -0.816. The van der Waals surface area contributed by atoms with Crippen molar-refractivity contribution in [2.45, 2.75) is 70.9 Å². The third kappa shape index (κ3) is 7.74. The number of piperidine rings is 1.